The largest absolute Gasteiger partial charge is 0.504 e. The molecule has 180 valence electrons. The Balaban J connectivity index is 0.00000149. The number of benzene rings is 2. The van der Waals surface area contributed by atoms with Gasteiger partial charge in [-0.1, -0.05) is 26.0 Å². The van der Waals surface area contributed by atoms with E-state index in [9.17, 15) is 18.3 Å². The molecule has 0 bridgehead atoms. The molecule has 0 aromatic heterocycles. The Morgan fingerprint density at radius 3 is 2.70 bits per heavy atom. The lowest BCUT2D eigenvalue weighted by molar-refractivity contribution is 0.0869. The van der Waals surface area contributed by atoms with Gasteiger partial charge in [0.05, 0.1) is 12.7 Å². The van der Waals surface area contributed by atoms with Crippen molar-refractivity contribution in [2.24, 2.45) is 0 Å². The van der Waals surface area contributed by atoms with Crippen molar-refractivity contribution in [2.45, 2.75) is 50.5 Å². The van der Waals surface area contributed by atoms with E-state index in [0.29, 0.717) is 31.0 Å². The summed E-state index contributed by atoms with van der Waals surface area (Å²) >= 11 is 0. The number of nitrogens with zero attached hydrogens (tertiary/aromatic N) is 1. The highest BCUT2D eigenvalue weighted by molar-refractivity contribution is 7.90. The van der Waals surface area contributed by atoms with Gasteiger partial charge in [0.1, 0.15) is 16.7 Å². The second-order valence-electron chi connectivity index (χ2n) is 7.70. The molecule has 2 N–H and O–H groups in total. The van der Waals surface area contributed by atoms with Gasteiger partial charge in [0.25, 0.3) is 15.9 Å². The van der Waals surface area contributed by atoms with E-state index < -0.39 is 15.9 Å². The van der Waals surface area contributed by atoms with E-state index in [4.69, 9.17) is 9.47 Å². The van der Waals surface area contributed by atoms with E-state index in [1.807, 2.05) is 13.8 Å². The molecule has 0 aliphatic carbocycles. The van der Waals surface area contributed by atoms with Crippen molar-refractivity contribution >= 4 is 15.9 Å². The second kappa shape index (κ2) is 10.9. The number of unbranched alkanes of at least 4 members (excludes halogenated alkanes) is 1. The molecular weight excluding hydrogens is 444 g/mol. The molecule has 0 radical (unpaired) electrons. The fraction of sp³-hybridized carbons (Fsp3) is 0.458. The van der Waals surface area contributed by atoms with Crippen LogP contribution in [0.25, 0.3) is 0 Å². The van der Waals surface area contributed by atoms with E-state index in [2.05, 4.69) is 5.32 Å². The number of aromatic hydroxyl groups is 1. The Morgan fingerprint density at radius 2 is 1.97 bits per heavy atom. The summed E-state index contributed by atoms with van der Waals surface area (Å²) in [5.74, 6) is 0.732. The molecule has 2 aromatic carbocycles. The number of hydrogen-bond donors (Lipinski definition) is 2. The predicted octanol–water partition coefficient (Wildman–Crippen LogP) is 3.34. The fourth-order valence-electron chi connectivity index (χ4n) is 3.98. The third-order valence-electron chi connectivity index (χ3n) is 5.64. The first-order valence-electron chi connectivity index (χ1n) is 11.3. The maximum absolute atomic E-state index is 12.5. The van der Waals surface area contributed by atoms with Crippen LogP contribution in [0.3, 0.4) is 0 Å². The van der Waals surface area contributed by atoms with E-state index in [-0.39, 0.29) is 28.9 Å². The van der Waals surface area contributed by atoms with Gasteiger partial charge >= 0.3 is 0 Å². The molecule has 33 heavy (non-hydrogen) atoms. The maximum atomic E-state index is 12.5. The Morgan fingerprint density at radius 1 is 1.21 bits per heavy atom. The molecule has 1 amide bonds. The number of amides is 1. The molecule has 8 nitrogen and oxygen atoms in total. The average molecular weight is 477 g/mol. The van der Waals surface area contributed by atoms with Crippen LogP contribution >= 0.6 is 0 Å². The first-order valence-corrected chi connectivity index (χ1v) is 12.8. The molecular formula is C24H32N2O6S. The van der Waals surface area contributed by atoms with Crippen LogP contribution in [0, 0.1) is 0 Å². The highest BCUT2D eigenvalue weighted by Crippen LogP contribution is 2.37. The molecule has 0 unspecified atom stereocenters. The smallest absolute Gasteiger partial charge is 0.269 e. The summed E-state index contributed by atoms with van der Waals surface area (Å²) in [5, 5.41) is 13.3. The Kier molecular flexibility index (Phi) is 8.20. The summed E-state index contributed by atoms with van der Waals surface area (Å²) in [4.78, 5) is 12.5. The van der Waals surface area contributed by atoms with Crippen LogP contribution in [0.2, 0.25) is 0 Å². The average Bonchev–Trinajstić information content (AvgIpc) is 3.02. The summed E-state index contributed by atoms with van der Waals surface area (Å²) in [7, 11) is -2.21. The number of carbonyl (C=O) groups is 1. The number of nitrogens with one attached hydrogen (secondary N) is 1. The van der Waals surface area contributed by atoms with Gasteiger partial charge < -0.3 is 19.9 Å². The van der Waals surface area contributed by atoms with E-state index >= 15 is 0 Å². The number of rotatable bonds is 8. The quantitative estimate of drug-likeness (QED) is 0.563. The zero-order chi connectivity index (χ0) is 24.0. The second-order valence-corrected chi connectivity index (χ2v) is 9.53. The van der Waals surface area contributed by atoms with Crippen molar-refractivity contribution in [3.8, 4) is 17.2 Å². The van der Waals surface area contributed by atoms with Crippen LogP contribution in [0.4, 0.5) is 0 Å². The number of methoxy groups -OCH3 is 1. The van der Waals surface area contributed by atoms with Crippen molar-refractivity contribution in [1.29, 1.82) is 0 Å². The number of ether oxygens (including phenoxy) is 2. The first-order chi connectivity index (χ1) is 15.9. The molecule has 2 aliphatic heterocycles. The van der Waals surface area contributed by atoms with Gasteiger partial charge in [0, 0.05) is 19.2 Å². The van der Waals surface area contributed by atoms with E-state index in [1.165, 1.54) is 13.2 Å². The maximum Gasteiger partial charge on any atom is 0.269 e. The number of carbonyl (C=O) groups excluding carboxylic acids is 1. The van der Waals surface area contributed by atoms with Crippen LogP contribution in [0.15, 0.2) is 41.3 Å². The molecule has 9 heteroatoms. The van der Waals surface area contributed by atoms with Gasteiger partial charge in [0.2, 0.25) is 0 Å². The van der Waals surface area contributed by atoms with Gasteiger partial charge in [-0.15, -0.1) is 0 Å². The molecule has 2 aromatic rings. The Bertz CT molecular complexity index is 1090. The molecule has 2 aliphatic rings. The summed E-state index contributed by atoms with van der Waals surface area (Å²) in [6.07, 6.45) is 3.00. The van der Waals surface area contributed by atoms with Crippen molar-refractivity contribution in [1.82, 2.24) is 9.62 Å². The van der Waals surface area contributed by atoms with Crippen molar-refractivity contribution in [2.75, 3.05) is 26.7 Å². The van der Waals surface area contributed by atoms with Crippen molar-refractivity contribution < 1.29 is 27.8 Å². The van der Waals surface area contributed by atoms with Gasteiger partial charge in [-0.05, 0) is 56.0 Å². The SMILES string of the molecule is CC.COc1cc2c(cc1O)O[C@@H](CNCCCCN1C(=O)c3ccccc3S1(=O)=O)CC2. The molecule has 0 fully saturated rings. The minimum atomic E-state index is -3.73. The minimum Gasteiger partial charge on any atom is -0.504 e. The normalized spacial score (nSPS) is 18.0. The number of fused-ring (bicyclic) bond motifs is 2. The lowest BCUT2D eigenvalue weighted by Gasteiger charge is -2.27. The zero-order valence-electron chi connectivity index (χ0n) is 19.3. The van der Waals surface area contributed by atoms with Gasteiger partial charge in [-0.3, -0.25) is 4.79 Å². The van der Waals surface area contributed by atoms with Crippen LogP contribution in [0.5, 0.6) is 17.2 Å². The van der Waals surface area contributed by atoms with Crippen LogP contribution in [0.1, 0.15) is 49.0 Å². The molecule has 0 spiro atoms. The topological polar surface area (TPSA) is 105 Å². The number of hydrogen-bond acceptors (Lipinski definition) is 7. The third-order valence-corrected chi connectivity index (χ3v) is 7.48. The minimum absolute atomic E-state index is 0.00432. The van der Waals surface area contributed by atoms with Gasteiger partial charge in [-0.2, -0.15) is 0 Å². The standard InChI is InChI=1S/C22H26N2O6S.C2H6/c1-29-20-12-15-8-9-16(30-19(15)13-18(20)25)14-23-10-4-5-11-24-22(26)17-6-2-3-7-21(17)31(24,27)28;1-2/h2-3,6-7,12-13,16,23,25H,4-5,8-11,14H2,1H3;1-2H3/t16-;/m1./s1. The summed E-state index contributed by atoms with van der Waals surface area (Å²) < 4.78 is 37.1. The highest BCUT2D eigenvalue weighted by atomic mass is 32.2. The lowest BCUT2D eigenvalue weighted by Crippen LogP contribution is -2.35. The van der Waals surface area contributed by atoms with Gasteiger partial charge in [0.15, 0.2) is 11.5 Å². The molecule has 1 atom stereocenters. The van der Waals surface area contributed by atoms with E-state index in [1.54, 1.807) is 30.3 Å². The zero-order valence-corrected chi connectivity index (χ0v) is 20.2. The Hall–Kier alpha value is -2.78. The van der Waals surface area contributed by atoms with Gasteiger partial charge in [-0.25, -0.2) is 12.7 Å². The van der Waals surface area contributed by atoms with Crippen LogP contribution < -0.4 is 14.8 Å². The predicted molar refractivity (Wildman–Crippen MR) is 126 cm³/mol. The summed E-state index contributed by atoms with van der Waals surface area (Å²) in [6, 6.07) is 9.72. The van der Waals surface area contributed by atoms with E-state index in [0.717, 1.165) is 29.1 Å². The molecule has 0 saturated carbocycles. The number of phenolic OH excluding ortho intramolecular Hbond substituents is 1. The van der Waals surface area contributed by atoms with Crippen molar-refractivity contribution in [3.63, 3.8) is 0 Å². The Labute approximate surface area is 195 Å². The summed E-state index contributed by atoms with van der Waals surface area (Å²) in [5.41, 5.74) is 1.27. The van der Waals surface area contributed by atoms with Crippen molar-refractivity contribution in [3.05, 3.63) is 47.5 Å². The third kappa shape index (κ3) is 5.25. The molecule has 0 saturated heterocycles. The monoisotopic (exact) mass is 476 g/mol. The van der Waals surface area contributed by atoms with Crippen LogP contribution in [-0.4, -0.2) is 56.6 Å². The fourth-order valence-corrected chi connectivity index (χ4v) is 5.59. The number of phenols is 1. The van der Waals surface area contributed by atoms with Crippen LogP contribution in [-0.2, 0) is 16.4 Å². The molecule has 4 rings (SSSR count). The number of sulfonamides is 1. The highest BCUT2D eigenvalue weighted by Gasteiger charge is 2.40. The lowest BCUT2D eigenvalue weighted by atomic mass is 10.0. The molecule has 2 heterocycles. The number of aryl methyl sites for hydroxylation is 1. The first kappa shape index (κ1) is 24.9. The summed E-state index contributed by atoms with van der Waals surface area (Å²) in [6.45, 7) is 5.51.